The van der Waals surface area contributed by atoms with Gasteiger partial charge in [-0.25, -0.2) is 4.98 Å². The van der Waals surface area contributed by atoms with Gasteiger partial charge >= 0.3 is 0 Å². The van der Waals surface area contributed by atoms with Crippen molar-refractivity contribution in [3.8, 4) is 0 Å². The van der Waals surface area contributed by atoms with Crippen molar-refractivity contribution in [2.45, 2.75) is 27.2 Å². The van der Waals surface area contributed by atoms with Crippen LogP contribution in [0.4, 0.5) is 5.13 Å². The highest BCUT2D eigenvalue weighted by Gasteiger charge is 2.08. The molecular formula is C14H16N2OS. The lowest BCUT2D eigenvalue weighted by Gasteiger charge is -2.00. The van der Waals surface area contributed by atoms with E-state index in [2.05, 4.69) is 16.4 Å². The molecule has 1 heterocycles. The van der Waals surface area contributed by atoms with Crippen LogP contribution in [0.3, 0.4) is 0 Å². The van der Waals surface area contributed by atoms with Gasteiger partial charge in [0.2, 0.25) is 0 Å². The molecule has 0 aliphatic carbocycles. The Labute approximate surface area is 111 Å². The third kappa shape index (κ3) is 2.76. The molecule has 94 valence electrons. The number of hydrogen-bond donors (Lipinski definition) is 1. The molecule has 0 aliphatic rings. The zero-order chi connectivity index (χ0) is 13.1. The maximum atomic E-state index is 11.8. The Balaban J connectivity index is 2.22. The predicted molar refractivity (Wildman–Crippen MR) is 77.0 cm³/mol. The highest BCUT2D eigenvalue weighted by Crippen LogP contribution is 2.26. The van der Waals surface area contributed by atoms with Crippen LogP contribution in [0.5, 0.6) is 0 Å². The molecule has 0 saturated heterocycles. The molecule has 0 fully saturated rings. The summed E-state index contributed by atoms with van der Waals surface area (Å²) < 4.78 is 1.10. The number of anilines is 1. The summed E-state index contributed by atoms with van der Waals surface area (Å²) in [6, 6.07) is 6.08. The molecule has 2 aromatic rings. The number of nitrogens with one attached hydrogen (secondary N) is 1. The van der Waals surface area contributed by atoms with Crippen molar-refractivity contribution >= 4 is 32.6 Å². The Bertz CT molecular complexity index is 613. The molecular weight excluding hydrogens is 244 g/mol. The first-order valence-corrected chi connectivity index (χ1v) is 6.77. The summed E-state index contributed by atoms with van der Waals surface area (Å²) in [5.41, 5.74) is 2.86. The van der Waals surface area contributed by atoms with Crippen LogP contribution in [-0.2, 0) is 4.79 Å². The van der Waals surface area contributed by atoms with Crippen LogP contribution in [0.25, 0.3) is 10.2 Å². The molecule has 0 unspecified atom stereocenters. The molecule has 0 bridgehead atoms. The van der Waals surface area contributed by atoms with Crippen LogP contribution in [-0.4, -0.2) is 10.9 Å². The van der Waals surface area contributed by atoms with E-state index in [4.69, 9.17) is 0 Å². The molecule has 1 aromatic carbocycles. The van der Waals surface area contributed by atoms with Gasteiger partial charge in [-0.15, -0.1) is 0 Å². The van der Waals surface area contributed by atoms with Crippen molar-refractivity contribution in [1.29, 1.82) is 0 Å². The van der Waals surface area contributed by atoms with Crippen LogP contribution >= 0.6 is 11.3 Å². The zero-order valence-corrected chi connectivity index (χ0v) is 11.6. The smallest absolute Gasteiger partial charge is 0.252 e. The second-order valence-electron chi connectivity index (χ2n) is 4.24. The number of carbonyl (C=O) groups is 1. The summed E-state index contributed by atoms with van der Waals surface area (Å²) >= 11 is 1.50. The molecule has 2 rings (SSSR count). The predicted octanol–water partition coefficient (Wildman–Crippen LogP) is 3.90. The van der Waals surface area contributed by atoms with E-state index in [1.807, 2.05) is 39.0 Å². The van der Waals surface area contributed by atoms with E-state index in [1.165, 1.54) is 16.9 Å². The third-order valence-corrected chi connectivity index (χ3v) is 3.57. The van der Waals surface area contributed by atoms with E-state index >= 15 is 0 Å². The summed E-state index contributed by atoms with van der Waals surface area (Å²) in [6.07, 6.45) is 2.77. The number of thiazole rings is 1. The van der Waals surface area contributed by atoms with Crippen LogP contribution in [0.15, 0.2) is 29.8 Å². The van der Waals surface area contributed by atoms with Crippen molar-refractivity contribution < 1.29 is 4.79 Å². The average molecular weight is 260 g/mol. The maximum Gasteiger partial charge on any atom is 0.252 e. The van der Waals surface area contributed by atoms with Gasteiger partial charge in [-0.05, 0) is 38.0 Å². The van der Waals surface area contributed by atoms with Gasteiger partial charge in [-0.2, -0.15) is 0 Å². The van der Waals surface area contributed by atoms with E-state index < -0.39 is 0 Å². The first kappa shape index (κ1) is 12.8. The van der Waals surface area contributed by atoms with Gasteiger partial charge in [-0.1, -0.05) is 30.4 Å². The molecule has 1 N–H and O–H groups in total. The van der Waals surface area contributed by atoms with Gasteiger partial charge in [0, 0.05) is 5.57 Å². The zero-order valence-electron chi connectivity index (χ0n) is 10.8. The highest BCUT2D eigenvalue weighted by atomic mass is 32.1. The number of amides is 1. The molecule has 0 spiro atoms. The maximum absolute atomic E-state index is 11.8. The topological polar surface area (TPSA) is 42.0 Å². The number of aromatic nitrogens is 1. The van der Waals surface area contributed by atoms with Gasteiger partial charge in [0.15, 0.2) is 5.13 Å². The first-order chi connectivity index (χ1) is 8.60. The lowest BCUT2D eigenvalue weighted by atomic mass is 10.2. The van der Waals surface area contributed by atoms with Crippen LogP contribution in [0.1, 0.15) is 25.8 Å². The summed E-state index contributed by atoms with van der Waals surface area (Å²) in [6.45, 7) is 5.87. The molecule has 1 aromatic heterocycles. The van der Waals surface area contributed by atoms with Crippen molar-refractivity contribution in [2.75, 3.05) is 5.32 Å². The molecule has 4 heteroatoms. The molecule has 18 heavy (non-hydrogen) atoms. The lowest BCUT2D eigenvalue weighted by Crippen LogP contribution is -2.12. The average Bonchev–Trinajstić information content (AvgIpc) is 2.70. The van der Waals surface area contributed by atoms with Gasteiger partial charge in [0.25, 0.3) is 5.91 Å². The van der Waals surface area contributed by atoms with Crippen LogP contribution in [0, 0.1) is 6.92 Å². The number of fused-ring (bicyclic) bond motifs is 1. The first-order valence-electron chi connectivity index (χ1n) is 5.95. The molecule has 1 amide bonds. The van der Waals surface area contributed by atoms with E-state index in [1.54, 1.807) is 0 Å². The summed E-state index contributed by atoms with van der Waals surface area (Å²) in [5.74, 6) is -0.0763. The second kappa shape index (κ2) is 5.31. The Morgan fingerprint density at radius 2 is 2.28 bits per heavy atom. The van der Waals surface area contributed by atoms with Crippen molar-refractivity contribution in [3.05, 3.63) is 35.4 Å². The quantitative estimate of drug-likeness (QED) is 0.850. The fourth-order valence-corrected chi connectivity index (χ4v) is 2.64. The monoisotopic (exact) mass is 260 g/mol. The number of nitrogens with zero attached hydrogens (tertiary/aromatic N) is 1. The van der Waals surface area contributed by atoms with Crippen LogP contribution in [0.2, 0.25) is 0 Å². The Morgan fingerprint density at radius 3 is 3.00 bits per heavy atom. The molecule has 0 radical (unpaired) electrons. The van der Waals surface area contributed by atoms with Gasteiger partial charge in [0.1, 0.15) is 0 Å². The van der Waals surface area contributed by atoms with E-state index in [0.717, 1.165) is 22.2 Å². The fraction of sp³-hybridized carbons (Fsp3) is 0.286. The summed E-state index contributed by atoms with van der Waals surface area (Å²) in [5, 5.41) is 3.49. The number of benzene rings is 1. The second-order valence-corrected chi connectivity index (χ2v) is 5.27. The minimum absolute atomic E-state index is 0.0763. The van der Waals surface area contributed by atoms with E-state index in [9.17, 15) is 4.79 Å². The summed E-state index contributed by atoms with van der Waals surface area (Å²) in [4.78, 5) is 16.2. The fourth-order valence-electron chi connectivity index (χ4n) is 1.68. The molecule has 3 nitrogen and oxygen atoms in total. The third-order valence-electron chi connectivity index (χ3n) is 2.63. The van der Waals surface area contributed by atoms with E-state index in [-0.39, 0.29) is 5.91 Å². The van der Waals surface area contributed by atoms with E-state index in [0.29, 0.717) is 5.13 Å². The van der Waals surface area contributed by atoms with Crippen LogP contribution < -0.4 is 5.32 Å². The Kier molecular flexibility index (Phi) is 3.77. The van der Waals surface area contributed by atoms with Crippen molar-refractivity contribution in [1.82, 2.24) is 4.98 Å². The largest absolute Gasteiger partial charge is 0.298 e. The number of aryl methyl sites for hydroxylation is 1. The minimum Gasteiger partial charge on any atom is -0.298 e. The Hall–Kier alpha value is -1.68. The number of carbonyl (C=O) groups excluding carboxylic acids is 1. The Morgan fingerprint density at radius 1 is 1.50 bits per heavy atom. The number of hydrogen-bond acceptors (Lipinski definition) is 3. The number of rotatable bonds is 3. The van der Waals surface area contributed by atoms with Gasteiger partial charge in [0.05, 0.1) is 10.2 Å². The molecule has 0 aliphatic heterocycles. The minimum atomic E-state index is -0.0763. The SMILES string of the molecule is CC/C=C(\C)C(=O)Nc1nc2ccc(C)cc2s1. The normalized spacial score (nSPS) is 11.8. The standard InChI is InChI=1S/C14H16N2OS/c1-4-5-10(3)13(17)16-14-15-11-7-6-9(2)8-12(11)18-14/h5-8H,4H2,1-3H3,(H,15,16,17)/b10-5+. The summed E-state index contributed by atoms with van der Waals surface area (Å²) in [7, 11) is 0. The molecule has 0 atom stereocenters. The van der Waals surface area contributed by atoms with Gasteiger partial charge in [-0.3, -0.25) is 10.1 Å². The number of allylic oxidation sites excluding steroid dienone is 1. The molecule has 0 saturated carbocycles. The van der Waals surface area contributed by atoms with Crippen molar-refractivity contribution in [3.63, 3.8) is 0 Å². The lowest BCUT2D eigenvalue weighted by molar-refractivity contribution is -0.112. The highest BCUT2D eigenvalue weighted by molar-refractivity contribution is 7.22. The van der Waals surface area contributed by atoms with Gasteiger partial charge < -0.3 is 0 Å². The van der Waals surface area contributed by atoms with Crippen molar-refractivity contribution in [2.24, 2.45) is 0 Å².